The van der Waals surface area contributed by atoms with Gasteiger partial charge in [0.15, 0.2) is 0 Å². The molecule has 0 heterocycles. The molecular weight excluding hydrogens is 273 g/mol. The third-order valence-electron chi connectivity index (χ3n) is 2.49. The van der Waals surface area contributed by atoms with E-state index in [0.29, 0.717) is 11.3 Å². The quantitative estimate of drug-likeness (QED) is 0.615. The smallest absolute Gasteiger partial charge is 0.329 e. The third kappa shape index (κ3) is 2.82. The molecule has 0 aliphatic carbocycles. The first kappa shape index (κ1) is 13.3. The van der Waals surface area contributed by atoms with E-state index in [0.717, 1.165) is 0 Å². The van der Waals surface area contributed by atoms with Crippen LogP contribution in [0.4, 0.5) is 10.1 Å². The summed E-state index contributed by atoms with van der Waals surface area (Å²) in [4.78, 5) is 10.3. The van der Waals surface area contributed by atoms with Gasteiger partial charge in [0, 0.05) is 0 Å². The molecule has 0 spiro atoms. The van der Waals surface area contributed by atoms with E-state index in [1.54, 1.807) is 13.0 Å². The fraction of sp³-hybridized carbons (Fsp3) is 0.0769. The highest BCUT2D eigenvalue weighted by atomic mass is 35.5. The summed E-state index contributed by atoms with van der Waals surface area (Å²) in [6.07, 6.45) is 0. The minimum absolute atomic E-state index is 0.0118. The van der Waals surface area contributed by atoms with Gasteiger partial charge in [0.05, 0.1) is 4.92 Å². The Hall–Kier alpha value is -2.14. The molecule has 0 saturated heterocycles. The lowest BCUT2D eigenvalue weighted by molar-refractivity contribution is -0.385. The predicted octanol–water partition coefficient (Wildman–Crippen LogP) is 4.49. The summed E-state index contributed by atoms with van der Waals surface area (Å²) in [5, 5.41) is 10.9. The van der Waals surface area contributed by atoms with Gasteiger partial charge in [-0.05, 0) is 42.8 Å². The van der Waals surface area contributed by atoms with Gasteiger partial charge in [-0.15, -0.1) is 0 Å². The summed E-state index contributed by atoms with van der Waals surface area (Å²) in [6.45, 7) is 1.65. The van der Waals surface area contributed by atoms with Gasteiger partial charge >= 0.3 is 5.69 Å². The van der Waals surface area contributed by atoms with E-state index in [2.05, 4.69) is 0 Å². The highest BCUT2D eigenvalue weighted by Crippen LogP contribution is 2.37. The zero-order valence-corrected chi connectivity index (χ0v) is 10.6. The molecule has 0 amide bonds. The average molecular weight is 282 g/mol. The van der Waals surface area contributed by atoms with E-state index in [-0.39, 0.29) is 16.5 Å². The van der Waals surface area contributed by atoms with Crippen LogP contribution in [0.15, 0.2) is 36.4 Å². The lowest BCUT2D eigenvalue weighted by Crippen LogP contribution is -1.95. The van der Waals surface area contributed by atoms with Crippen LogP contribution in [0.3, 0.4) is 0 Å². The van der Waals surface area contributed by atoms with Crippen LogP contribution in [-0.2, 0) is 0 Å². The van der Waals surface area contributed by atoms with Crippen molar-refractivity contribution in [3.05, 3.63) is 62.9 Å². The number of aryl methyl sites for hydroxylation is 1. The summed E-state index contributed by atoms with van der Waals surface area (Å²) in [6, 6.07) is 8.31. The highest BCUT2D eigenvalue weighted by molar-refractivity contribution is 6.32. The van der Waals surface area contributed by atoms with Gasteiger partial charge in [-0.25, -0.2) is 4.39 Å². The summed E-state index contributed by atoms with van der Waals surface area (Å²) in [5.74, 6) is -0.0376. The SMILES string of the molecule is Cc1cc(F)ccc1Oc1cccc(Cl)c1[N+](=O)[O-]. The molecule has 0 fully saturated rings. The van der Waals surface area contributed by atoms with Gasteiger partial charge in [-0.2, -0.15) is 0 Å². The molecule has 0 aliphatic rings. The Labute approximate surface area is 113 Å². The molecular formula is C13H9ClFNO3. The molecule has 6 heteroatoms. The fourth-order valence-corrected chi connectivity index (χ4v) is 1.84. The van der Waals surface area contributed by atoms with Crippen LogP contribution in [0, 0.1) is 22.9 Å². The summed E-state index contributed by atoms with van der Waals surface area (Å²) in [5.41, 5.74) is 0.224. The van der Waals surface area contributed by atoms with Gasteiger partial charge in [0.25, 0.3) is 0 Å². The van der Waals surface area contributed by atoms with E-state index >= 15 is 0 Å². The Morgan fingerprint density at radius 2 is 2.00 bits per heavy atom. The summed E-state index contributed by atoms with van der Waals surface area (Å²) >= 11 is 5.77. The molecule has 19 heavy (non-hydrogen) atoms. The fourth-order valence-electron chi connectivity index (χ4n) is 1.60. The number of halogens is 2. The van der Waals surface area contributed by atoms with E-state index in [1.165, 1.54) is 30.3 Å². The van der Waals surface area contributed by atoms with Crippen LogP contribution in [0.1, 0.15) is 5.56 Å². The first-order valence-electron chi connectivity index (χ1n) is 5.36. The van der Waals surface area contributed by atoms with Crippen molar-refractivity contribution in [2.24, 2.45) is 0 Å². The van der Waals surface area contributed by atoms with E-state index < -0.39 is 10.7 Å². The topological polar surface area (TPSA) is 52.4 Å². The Morgan fingerprint density at radius 1 is 1.26 bits per heavy atom. The van der Waals surface area contributed by atoms with Crippen LogP contribution in [0.2, 0.25) is 5.02 Å². The lowest BCUT2D eigenvalue weighted by Gasteiger charge is -2.09. The normalized spacial score (nSPS) is 10.3. The molecule has 2 rings (SSSR count). The zero-order chi connectivity index (χ0) is 14.0. The van der Waals surface area contributed by atoms with Gasteiger partial charge in [-0.3, -0.25) is 10.1 Å². The molecule has 0 aliphatic heterocycles. The second kappa shape index (κ2) is 5.24. The van der Waals surface area contributed by atoms with Crippen molar-refractivity contribution in [1.82, 2.24) is 0 Å². The maximum absolute atomic E-state index is 13.0. The number of nitrogens with zero attached hydrogens (tertiary/aromatic N) is 1. The maximum Gasteiger partial charge on any atom is 0.329 e. The lowest BCUT2D eigenvalue weighted by atomic mass is 10.2. The van der Waals surface area contributed by atoms with Gasteiger partial charge in [0.1, 0.15) is 16.6 Å². The number of rotatable bonds is 3. The third-order valence-corrected chi connectivity index (χ3v) is 2.79. The maximum atomic E-state index is 13.0. The molecule has 2 aromatic carbocycles. The second-order valence-corrected chi connectivity index (χ2v) is 4.26. The van der Waals surface area contributed by atoms with Crippen molar-refractivity contribution >= 4 is 17.3 Å². The molecule has 98 valence electrons. The van der Waals surface area contributed by atoms with Gasteiger partial charge < -0.3 is 4.74 Å². The monoisotopic (exact) mass is 281 g/mol. The molecule has 0 aromatic heterocycles. The highest BCUT2D eigenvalue weighted by Gasteiger charge is 2.20. The van der Waals surface area contributed by atoms with Crippen molar-refractivity contribution in [2.45, 2.75) is 6.92 Å². The minimum Gasteiger partial charge on any atom is -0.450 e. The van der Waals surface area contributed by atoms with Crippen LogP contribution in [0.5, 0.6) is 11.5 Å². The standard InChI is InChI=1S/C13H9ClFNO3/c1-8-7-9(15)5-6-11(8)19-12-4-2-3-10(14)13(12)16(17)18/h2-7H,1H3. The predicted molar refractivity (Wildman–Crippen MR) is 69.3 cm³/mol. The Kier molecular flexibility index (Phi) is 3.66. The van der Waals surface area contributed by atoms with E-state index in [9.17, 15) is 14.5 Å². The number of ether oxygens (including phenoxy) is 1. The van der Waals surface area contributed by atoms with Crippen LogP contribution >= 0.6 is 11.6 Å². The van der Waals surface area contributed by atoms with Crippen LogP contribution in [0.25, 0.3) is 0 Å². The Morgan fingerprint density at radius 3 is 2.63 bits per heavy atom. The Balaban J connectivity index is 2.44. The van der Waals surface area contributed by atoms with Gasteiger partial charge in [0.2, 0.25) is 5.75 Å². The molecule has 2 aromatic rings. The second-order valence-electron chi connectivity index (χ2n) is 3.86. The molecule has 0 atom stereocenters. The summed E-state index contributed by atoms with van der Waals surface area (Å²) in [7, 11) is 0. The number of benzene rings is 2. The number of hydrogen-bond donors (Lipinski definition) is 0. The van der Waals surface area contributed by atoms with E-state index in [4.69, 9.17) is 16.3 Å². The number of nitro benzene ring substituents is 1. The summed E-state index contributed by atoms with van der Waals surface area (Å²) < 4.78 is 18.4. The number of nitro groups is 1. The number of para-hydroxylation sites is 1. The van der Waals surface area contributed by atoms with Crippen molar-refractivity contribution in [3.8, 4) is 11.5 Å². The molecule has 0 unspecified atom stereocenters. The van der Waals surface area contributed by atoms with Crippen LogP contribution in [-0.4, -0.2) is 4.92 Å². The van der Waals surface area contributed by atoms with Crippen molar-refractivity contribution in [1.29, 1.82) is 0 Å². The first-order chi connectivity index (χ1) is 8.99. The van der Waals surface area contributed by atoms with Gasteiger partial charge in [-0.1, -0.05) is 17.7 Å². The molecule has 0 bridgehead atoms. The van der Waals surface area contributed by atoms with Crippen molar-refractivity contribution < 1.29 is 14.1 Å². The zero-order valence-electron chi connectivity index (χ0n) is 9.89. The van der Waals surface area contributed by atoms with Crippen molar-refractivity contribution in [3.63, 3.8) is 0 Å². The number of hydrogen-bond acceptors (Lipinski definition) is 3. The largest absolute Gasteiger partial charge is 0.450 e. The van der Waals surface area contributed by atoms with Crippen molar-refractivity contribution in [2.75, 3.05) is 0 Å². The van der Waals surface area contributed by atoms with E-state index in [1.807, 2.05) is 0 Å². The first-order valence-corrected chi connectivity index (χ1v) is 5.73. The molecule has 4 nitrogen and oxygen atoms in total. The molecule has 0 radical (unpaired) electrons. The molecule has 0 N–H and O–H groups in total. The molecule has 0 saturated carbocycles. The average Bonchev–Trinajstić information content (AvgIpc) is 2.32. The minimum atomic E-state index is -0.615. The van der Waals surface area contributed by atoms with Crippen LogP contribution < -0.4 is 4.74 Å². The Bertz CT molecular complexity index is 646.